The third-order valence-electron chi connectivity index (χ3n) is 4.78. The average molecular weight is 404 g/mol. The van der Waals surface area contributed by atoms with Crippen molar-refractivity contribution in [3.63, 3.8) is 0 Å². The first-order valence-electron chi connectivity index (χ1n) is 9.12. The molecule has 0 radical (unpaired) electrons. The Labute approximate surface area is 175 Å². The molecule has 1 unspecified atom stereocenters. The van der Waals surface area contributed by atoms with Gasteiger partial charge in [0.25, 0.3) is 0 Å². The van der Waals surface area contributed by atoms with E-state index in [-0.39, 0.29) is 12.4 Å². The molecule has 0 aliphatic heterocycles. The topological polar surface area (TPSA) is 69.4 Å². The smallest absolute Gasteiger partial charge is 0.193 e. The van der Waals surface area contributed by atoms with Crippen LogP contribution < -0.4 is 10.5 Å². The number of benzene rings is 3. The van der Waals surface area contributed by atoms with Gasteiger partial charge in [-0.3, -0.25) is 4.79 Å². The highest BCUT2D eigenvalue weighted by atomic mass is 32.1. The molecule has 5 heteroatoms. The normalized spacial score (nSPS) is 12.6. The lowest BCUT2D eigenvalue weighted by atomic mass is 9.84. The molecular formula is C24H21NO3S. The molecule has 0 amide bonds. The molecule has 0 bridgehead atoms. The summed E-state index contributed by atoms with van der Waals surface area (Å²) >= 11 is 4.94. The van der Waals surface area contributed by atoms with Gasteiger partial charge < -0.3 is 15.3 Å². The van der Waals surface area contributed by atoms with Crippen LogP contribution in [-0.2, 0) is 10.2 Å². The Morgan fingerprint density at radius 2 is 1.48 bits per heavy atom. The van der Waals surface area contributed by atoms with Crippen molar-refractivity contribution < 1.29 is 14.3 Å². The largest absolute Gasteiger partial charge is 0.492 e. The highest BCUT2D eigenvalue weighted by Crippen LogP contribution is 2.25. The van der Waals surface area contributed by atoms with E-state index in [2.05, 4.69) is 0 Å². The van der Waals surface area contributed by atoms with Crippen LogP contribution in [0.5, 0.6) is 5.75 Å². The van der Waals surface area contributed by atoms with Gasteiger partial charge in [-0.2, -0.15) is 0 Å². The molecule has 146 valence electrons. The molecule has 0 saturated heterocycles. The summed E-state index contributed by atoms with van der Waals surface area (Å²) in [5.74, 6) is 0.563. The minimum absolute atomic E-state index is 0.0564. The summed E-state index contributed by atoms with van der Waals surface area (Å²) in [4.78, 5) is 24.7. The molecule has 0 aromatic heterocycles. The fourth-order valence-corrected chi connectivity index (χ4v) is 3.03. The van der Waals surface area contributed by atoms with Gasteiger partial charge in [0.1, 0.15) is 23.6 Å². The first kappa shape index (κ1) is 20.4. The van der Waals surface area contributed by atoms with Crippen LogP contribution >= 0.6 is 12.2 Å². The molecule has 0 aliphatic carbocycles. The van der Waals surface area contributed by atoms with Crippen LogP contribution in [0.15, 0.2) is 78.9 Å². The van der Waals surface area contributed by atoms with Crippen molar-refractivity contribution in [2.45, 2.75) is 12.3 Å². The highest BCUT2D eigenvalue weighted by Gasteiger charge is 2.27. The molecule has 0 aliphatic rings. The maximum Gasteiger partial charge on any atom is 0.193 e. The summed E-state index contributed by atoms with van der Waals surface area (Å²) in [6.07, 6.45) is 0.865. The van der Waals surface area contributed by atoms with Crippen LogP contribution in [0.25, 0.3) is 0 Å². The minimum atomic E-state index is -0.851. The Morgan fingerprint density at radius 1 is 0.931 bits per heavy atom. The van der Waals surface area contributed by atoms with Crippen molar-refractivity contribution in [1.29, 1.82) is 0 Å². The number of carbonyl (C=O) groups is 2. The summed E-state index contributed by atoms with van der Waals surface area (Å²) in [6.45, 7) is 1.96. The summed E-state index contributed by atoms with van der Waals surface area (Å²) in [6, 6.07) is 23.2. The van der Waals surface area contributed by atoms with Gasteiger partial charge in [-0.15, -0.1) is 0 Å². The summed E-state index contributed by atoms with van der Waals surface area (Å²) in [5.41, 5.74) is 7.47. The number of hydrogen-bond donors (Lipinski definition) is 1. The first-order chi connectivity index (χ1) is 13.9. The van der Waals surface area contributed by atoms with Crippen molar-refractivity contribution in [2.24, 2.45) is 5.73 Å². The minimum Gasteiger partial charge on any atom is -0.492 e. The number of ether oxygens (including phenoxy) is 1. The molecule has 1 atom stereocenters. The fourth-order valence-electron chi connectivity index (χ4n) is 2.89. The van der Waals surface area contributed by atoms with E-state index in [1.54, 1.807) is 67.6 Å². The van der Waals surface area contributed by atoms with E-state index in [0.29, 0.717) is 21.9 Å². The lowest BCUT2D eigenvalue weighted by Crippen LogP contribution is -2.31. The second-order valence-corrected chi connectivity index (χ2v) is 7.42. The third kappa shape index (κ3) is 4.76. The zero-order valence-corrected chi connectivity index (χ0v) is 16.8. The van der Waals surface area contributed by atoms with Crippen LogP contribution in [0.1, 0.15) is 34.0 Å². The van der Waals surface area contributed by atoms with Crippen LogP contribution in [-0.4, -0.2) is 23.7 Å². The van der Waals surface area contributed by atoms with Crippen LogP contribution in [0.3, 0.4) is 0 Å². The fraction of sp³-hybridized carbons (Fsp3) is 0.125. The van der Waals surface area contributed by atoms with Crippen molar-refractivity contribution >= 4 is 29.3 Å². The number of rotatable bonds is 8. The summed E-state index contributed by atoms with van der Waals surface area (Å²) in [5, 5.41) is 0. The van der Waals surface area contributed by atoms with Crippen molar-refractivity contribution in [1.82, 2.24) is 0 Å². The molecule has 3 aromatic carbocycles. The van der Waals surface area contributed by atoms with E-state index in [4.69, 9.17) is 22.7 Å². The first-order valence-corrected chi connectivity index (χ1v) is 9.53. The summed E-state index contributed by atoms with van der Waals surface area (Å²) in [7, 11) is 0. The molecule has 0 spiro atoms. The van der Waals surface area contributed by atoms with E-state index in [1.807, 2.05) is 18.2 Å². The van der Waals surface area contributed by atoms with Crippen molar-refractivity contribution in [2.75, 3.05) is 6.61 Å². The number of thiocarbonyl (C=S) groups is 1. The molecular weight excluding hydrogens is 382 g/mol. The number of ketones is 1. The molecule has 0 heterocycles. The number of hydrogen-bond acceptors (Lipinski definition) is 4. The Morgan fingerprint density at radius 3 is 2.03 bits per heavy atom. The molecule has 0 fully saturated rings. The van der Waals surface area contributed by atoms with Gasteiger partial charge in [-0.25, -0.2) is 0 Å². The number of carbonyl (C=O) groups excluding carboxylic acids is 2. The predicted octanol–water partition coefficient (Wildman–Crippen LogP) is 4.09. The molecule has 3 rings (SSSR count). The lowest BCUT2D eigenvalue weighted by molar-refractivity contribution is -0.113. The SMILES string of the molecule is CC(C=O)(COc1ccc(C(N)=S)cc1)c1ccc(C(=O)c2ccccc2)cc1. The lowest BCUT2D eigenvalue weighted by Gasteiger charge is -2.24. The van der Waals surface area contributed by atoms with Crippen molar-refractivity contribution in [3.05, 3.63) is 101 Å². The monoisotopic (exact) mass is 403 g/mol. The average Bonchev–Trinajstić information content (AvgIpc) is 2.78. The Hall–Kier alpha value is -3.31. The predicted molar refractivity (Wildman–Crippen MR) is 118 cm³/mol. The van der Waals surface area contributed by atoms with Gasteiger partial charge in [0.2, 0.25) is 0 Å². The molecule has 0 saturated carbocycles. The zero-order chi connectivity index (χ0) is 20.9. The van der Waals surface area contributed by atoms with Gasteiger partial charge >= 0.3 is 0 Å². The van der Waals surface area contributed by atoms with Crippen LogP contribution in [0.4, 0.5) is 0 Å². The molecule has 3 aromatic rings. The van der Waals surface area contributed by atoms with E-state index in [1.165, 1.54) is 0 Å². The van der Waals surface area contributed by atoms with Gasteiger partial charge in [-0.05, 0) is 36.8 Å². The molecule has 2 N–H and O–H groups in total. The van der Waals surface area contributed by atoms with Crippen LogP contribution in [0, 0.1) is 0 Å². The maximum atomic E-state index is 12.6. The zero-order valence-electron chi connectivity index (χ0n) is 16.0. The molecule has 4 nitrogen and oxygen atoms in total. The van der Waals surface area contributed by atoms with Crippen molar-refractivity contribution in [3.8, 4) is 5.75 Å². The van der Waals surface area contributed by atoms with E-state index < -0.39 is 5.41 Å². The van der Waals surface area contributed by atoms with Gasteiger partial charge in [0.05, 0.1) is 5.41 Å². The van der Waals surface area contributed by atoms with Gasteiger partial charge in [0.15, 0.2) is 5.78 Å². The van der Waals surface area contributed by atoms with E-state index in [9.17, 15) is 9.59 Å². The van der Waals surface area contributed by atoms with E-state index >= 15 is 0 Å². The quantitative estimate of drug-likeness (QED) is 0.349. The second-order valence-electron chi connectivity index (χ2n) is 6.99. The van der Waals surface area contributed by atoms with Gasteiger partial charge in [-0.1, -0.05) is 66.8 Å². The highest BCUT2D eigenvalue weighted by molar-refractivity contribution is 7.80. The Kier molecular flexibility index (Phi) is 6.20. The second kappa shape index (κ2) is 8.80. The standard InChI is InChI=1S/C24H21NO3S/c1-24(15-26,16-28-21-13-9-19(10-14-21)23(25)29)20-11-7-18(8-12-20)22(27)17-5-3-2-4-6-17/h2-15H,16H2,1H3,(H2,25,29). The molecule has 29 heavy (non-hydrogen) atoms. The number of nitrogens with two attached hydrogens (primary N) is 1. The Bertz CT molecular complexity index is 1010. The number of aldehydes is 1. The Balaban J connectivity index is 1.73. The maximum absolute atomic E-state index is 12.6. The third-order valence-corrected chi connectivity index (χ3v) is 5.02. The summed E-state index contributed by atoms with van der Waals surface area (Å²) < 4.78 is 5.82. The van der Waals surface area contributed by atoms with E-state index in [0.717, 1.165) is 17.4 Å². The van der Waals surface area contributed by atoms with Gasteiger partial charge in [0, 0.05) is 16.7 Å². The van der Waals surface area contributed by atoms with Crippen LogP contribution in [0.2, 0.25) is 0 Å².